The monoisotopic (exact) mass is 268 g/mol. The Morgan fingerprint density at radius 3 is 3.18 bits per heavy atom. The average Bonchev–Trinajstić information content (AvgIpc) is 2.90. The Morgan fingerprint density at radius 1 is 1.53 bits per heavy atom. The molecule has 0 spiro atoms. The SMILES string of the molecule is O=c1[nH]c2ccc(Cl)cc2n1CC1CCCS1. The average molecular weight is 269 g/mol. The number of thioether (sulfide) groups is 1. The zero-order valence-electron chi connectivity index (χ0n) is 9.28. The van der Waals surface area contributed by atoms with Gasteiger partial charge in [-0.05, 0) is 36.8 Å². The Hall–Kier alpha value is -0.870. The third-order valence-corrected chi connectivity index (χ3v) is 4.76. The first kappa shape index (κ1) is 11.2. The fourth-order valence-corrected chi connectivity index (χ4v) is 3.72. The lowest BCUT2D eigenvalue weighted by Gasteiger charge is -2.09. The van der Waals surface area contributed by atoms with Crippen molar-refractivity contribution in [3.63, 3.8) is 0 Å². The second-order valence-corrected chi connectivity index (χ2v) is 6.18. The lowest BCUT2D eigenvalue weighted by Crippen LogP contribution is -2.21. The molecule has 3 rings (SSSR count). The van der Waals surface area contributed by atoms with E-state index >= 15 is 0 Å². The van der Waals surface area contributed by atoms with Crippen LogP contribution in [-0.2, 0) is 6.54 Å². The van der Waals surface area contributed by atoms with Crippen molar-refractivity contribution in [1.29, 1.82) is 0 Å². The van der Waals surface area contributed by atoms with Crippen LogP contribution in [0.4, 0.5) is 0 Å². The van der Waals surface area contributed by atoms with Gasteiger partial charge in [0.2, 0.25) is 0 Å². The summed E-state index contributed by atoms with van der Waals surface area (Å²) >= 11 is 7.94. The van der Waals surface area contributed by atoms with Gasteiger partial charge in [-0.3, -0.25) is 4.57 Å². The summed E-state index contributed by atoms with van der Waals surface area (Å²) in [5, 5.41) is 1.23. The van der Waals surface area contributed by atoms with Gasteiger partial charge in [0.1, 0.15) is 0 Å². The smallest absolute Gasteiger partial charge is 0.306 e. The normalized spacial score (nSPS) is 20.2. The predicted molar refractivity (Wildman–Crippen MR) is 73.0 cm³/mol. The van der Waals surface area contributed by atoms with Crippen molar-refractivity contribution in [2.24, 2.45) is 0 Å². The van der Waals surface area contributed by atoms with Crippen molar-refractivity contribution < 1.29 is 0 Å². The fourth-order valence-electron chi connectivity index (χ4n) is 2.30. The molecule has 1 unspecified atom stereocenters. The van der Waals surface area contributed by atoms with Crippen LogP contribution in [-0.4, -0.2) is 20.6 Å². The highest BCUT2D eigenvalue weighted by atomic mass is 35.5. The highest BCUT2D eigenvalue weighted by molar-refractivity contribution is 8.00. The molecule has 1 aromatic carbocycles. The molecule has 2 heterocycles. The van der Waals surface area contributed by atoms with Crippen LogP contribution in [0.25, 0.3) is 11.0 Å². The van der Waals surface area contributed by atoms with E-state index in [4.69, 9.17) is 11.6 Å². The second-order valence-electron chi connectivity index (χ2n) is 4.34. The first-order valence-electron chi connectivity index (χ1n) is 5.74. The second kappa shape index (κ2) is 4.42. The summed E-state index contributed by atoms with van der Waals surface area (Å²) in [6.07, 6.45) is 2.46. The minimum Gasteiger partial charge on any atom is -0.306 e. The number of imidazole rings is 1. The maximum absolute atomic E-state index is 11.9. The number of rotatable bonds is 2. The van der Waals surface area contributed by atoms with Crippen molar-refractivity contribution >= 4 is 34.4 Å². The van der Waals surface area contributed by atoms with Crippen molar-refractivity contribution in [3.05, 3.63) is 33.7 Å². The molecule has 1 saturated heterocycles. The number of halogens is 1. The van der Waals surface area contributed by atoms with Gasteiger partial charge in [-0.1, -0.05) is 11.6 Å². The minimum absolute atomic E-state index is 0.0326. The third-order valence-electron chi connectivity index (χ3n) is 3.15. The van der Waals surface area contributed by atoms with E-state index in [9.17, 15) is 4.79 Å². The summed E-state index contributed by atoms with van der Waals surface area (Å²) < 4.78 is 1.81. The minimum atomic E-state index is -0.0326. The molecule has 1 fully saturated rings. The van der Waals surface area contributed by atoms with Gasteiger partial charge in [-0.2, -0.15) is 11.8 Å². The predicted octanol–water partition coefficient (Wildman–Crippen LogP) is 2.88. The Kier molecular flexibility index (Phi) is 2.92. The van der Waals surface area contributed by atoms with Crippen LogP contribution in [0.1, 0.15) is 12.8 Å². The zero-order valence-corrected chi connectivity index (χ0v) is 10.9. The van der Waals surface area contributed by atoms with Gasteiger partial charge < -0.3 is 4.98 Å². The van der Waals surface area contributed by atoms with Crippen molar-refractivity contribution in [1.82, 2.24) is 9.55 Å². The lowest BCUT2D eigenvalue weighted by molar-refractivity contribution is 0.636. The van der Waals surface area contributed by atoms with Crippen LogP contribution in [0.2, 0.25) is 5.02 Å². The molecular formula is C12H13ClN2OS. The number of H-pyrrole nitrogens is 1. The number of hydrogen-bond donors (Lipinski definition) is 1. The van der Waals surface area contributed by atoms with Crippen LogP contribution in [0.3, 0.4) is 0 Å². The topological polar surface area (TPSA) is 37.8 Å². The van der Waals surface area contributed by atoms with Crippen LogP contribution < -0.4 is 5.69 Å². The van der Waals surface area contributed by atoms with Crippen molar-refractivity contribution in [2.75, 3.05) is 5.75 Å². The molecule has 90 valence electrons. The van der Waals surface area contributed by atoms with E-state index in [1.54, 1.807) is 6.07 Å². The molecule has 17 heavy (non-hydrogen) atoms. The molecule has 1 atom stereocenters. The number of fused-ring (bicyclic) bond motifs is 1. The van der Waals surface area contributed by atoms with E-state index in [-0.39, 0.29) is 5.69 Å². The number of nitrogens with zero attached hydrogens (tertiary/aromatic N) is 1. The van der Waals surface area contributed by atoms with Gasteiger partial charge >= 0.3 is 5.69 Å². The Bertz CT molecular complexity index is 598. The van der Waals surface area contributed by atoms with Crippen LogP contribution >= 0.6 is 23.4 Å². The molecule has 2 aromatic rings. The number of aromatic amines is 1. The summed E-state index contributed by atoms with van der Waals surface area (Å²) in [5.74, 6) is 1.21. The van der Waals surface area contributed by atoms with E-state index < -0.39 is 0 Å². The number of hydrogen-bond acceptors (Lipinski definition) is 2. The molecule has 0 aliphatic carbocycles. The molecule has 0 saturated carbocycles. The molecule has 0 bridgehead atoms. The molecule has 0 amide bonds. The standard InChI is InChI=1S/C12H13ClN2OS/c13-8-3-4-10-11(6-8)15(12(16)14-10)7-9-2-1-5-17-9/h3-4,6,9H,1-2,5,7H2,(H,14,16). The summed E-state index contributed by atoms with van der Waals surface area (Å²) in [6.45, 7) is 0.782. The summed E-state index contributed by atoms with van der Waals surface area (Å²) in [4.78, 5) is 14.8. The van der Waals surface area contributed by atoms with E-state index in [0.717, 1.165) is 17.6 Å². The fraction of sp³-hybridized carbons (Fsp3) is 0.417. The summed E-state index contributed by atoms with van der Waals surface area (Å²) in [6, 6.07) is 5.51. The Labute approximate surface area is 108 Å². The van der Waals surface area contributed by atoms with E-state index in [0.29, 0.717) is 10.3 Å². The summed E-state index contributed by atoms with van der Waals surface area (Å²) in [7, 11) is 0. The molecule has 1 aliphatic rings. The Balaban J connectivity index is 2.04. The first-order valence-corrected chi connectivity index (χ1v) is 7.16. The number of benzene rings is 1. The number of aromatic nitrogens is 2. The van der Waals surface area contributed by atoms with Gasteiger partial charge in [0.25, 0.3) is 0 Å². The number of nitrogens with one attached hydrogen (secondary N) is 1. The van der Waals surface area contributed by atoms with Crippen LogP contribution in [0.5, 0.6) is 0 Å². The quantitative estimate of drug-likeness (QED) is 0.909. The van der Waals surface area contributed by atoms with E-state index in [1.165, 1.54) is 18.6 Å². The molecule has 1 N–H and O–H groups in total. The summed E-state index contributed by atoms with van der Waals surface area (Å²) in [5.41, 5.74) is 1.74. The highest BCUT2D eigenvalue weighted by Gasteiger charge is 2.18. The maximum atomic E-state index is 11.9. The van der Waals surface area contributed by atoms with Crippen molar-refractivity contribution in [3.8, 4) is 0 Å². The highest BCUT2D eigenvalue weighted by Crippen LogP contribution is 2.28. The van der Waals surface area contributed by atoms with E-state index in [1.807, 2.05) is 28.5 Å². The molecular weight excluding hydrogens is 256 g/mol. The molecule has 5 heteroatoms. The third kappa shape index (κ3) is 2.11. The maximum Gasteiger partial charge on any atom is 0.326 e. The Morgan fingerprint density at radius 2 is 2.41 bits per heavy atom. The van der Waals surface area contributed by atoms with Gasteiger partial charge in [0.15, 0.2) is 0 Å². The van der Waals surface area contributed by atoms with Crippen molar-refractivity contribution in [2.45, 2.75) is 24.6 Å². The van der Waals surface area contributed by atoms with Gasteiger partial charge in [0.05, 0.1) is 11.0 Å². The molecule has 1 aromatic heterocycles. The molecule has 3 nitrogen and oxygen atoms in total. The van der Waals surface area contributed by atoms with Gasteiger partial charge in [0, 0.05) is 16.8 Å². The van der Waals surface area contributed by atoms with Gasteiger partial charge in [-0.15, -0.1) is 0 Å². The zero-order chi connectivity index (χ0) is 11.8. The lowest BCUT2D eigenvalue weighted by atomic mass is 10.2. The van der Waals surface area contributed by atoms with Gasteiger partial charge in [-0.25, -0.2) is 4.79 Å². The molecule has 1 aliphatic heterocycles. The van der Waals surface area contributed by atoms with Crippen LogP contribution in [0.15, 0.2) is 23.0 Å². The largest absolute Gasteiger partial charge is 0.326 e. The first-order chi connectivity index (χ1) is 8.24. The molecule has 0 radical (unpaired) electrons. The van der Waals surface area contributed by atoms with Crippen LogP contribution in [0, 0.1) is 0 Å². The van der Waals surface area contributed by atoms with E-state index in [2.05, 4.69) is 4.98 Å².